The number of halogens is 1. The molecule has 0 saturated carbocycles. The molecule has 86 valence electrons. The number of carbonyl (C=O) groups excluding carboxylic acids is 1. The number of rotatable bonds is 4. The van der Waals surface area contributed by atoms with Crippen molar-refractivity contribution in [3.8, 4) is 0 Å². The molecule has 0 radical (unpaired) electrons. The van der Waals surface area contributed by atoms with Gasteiger partial charge in [0.05, 0.1) is 0 Å². The summed E-state index contributed by atoms with van der Waals surface area (Å²) in [6, 6.07) is 6.16. The summed E-state index contributed by atoms with van der Waals surface area (Å²) < 4.78 is 12.6. The minimum atomic E-state index is -0.277. The zero-order valence-corrected chi connectivity index (χ0v) is 9.53. The minimum Gasteiger partial charge on any atom is -0.350 e. The Labute approximate surface area is 95.2 Å². The van der Waals surface area contributed by atoms with Gasteiger partial charge in [0.2, 0.25) is 5.91 Å². The molecule has 1 rings (SSSR count). The van der Waals surface area contributed by atoms with Crippen LogP contribution in [-0.2, 0) is 4.79 Å². The number of hydrogen-bond donors (Lipinski definition) is 1. The van der Waals surface area contributed by atoms with Crippen LogP contribution >= 0.6 is 0 Å². The smallest absolute Gasteiger partial charge is 0.244 e. The molecule has 1 aromatic rings. The Hall–Kier alpha value is -1.64. The van der Waals surface area contributed by atoms with Gasteiger partial charge in [-0.1, -0.05) is 19.1 Å². The molecule has 0 saturated heterocycles. The van der Waals surface area contributed by atoms with Crippen molar-refractivity contribution < 1.29 is 9.18 Å². The number of carbonyl (C=O) groups is 1. The molecule has 1 aromatic carbocycles. The third-order valence-corrected chi connectivity index (χ3v) is 2.30. The summed E-state index contributed by atoms with van der Waals surface area (Å²) in [4.78, 5) is 11.4. The molecule has 1 amide bonds. The Morgan fingerprint density at radius 1 is 1.44 bits per heavy atom. The van der Waals surface area contributed by atoms with Crippen LogP contribution in [0.25, 0.3) is 6.08 Å². The topological polar surface area (TPSA) is 29.1 Å². The normalized spacial score (nSPS) is 12.7. The second-order valence-corrected chi connectivity index (χ2v) is 3.70. The van der Waals surface area contributed by atoms with Crippen molar-refractivity contribution in [1.29, 1.82) is 0 Å². The lowest BCUT2D eigenvalue weighted by molar-refractivity contribution is -0.117. The molecule has 0 bridgehead atoms. The van der Waals surface area contributed by atoms with Gasteiger partial charge in [-0.15, -0.1) is 0 Å². The SMILES string of the molecule is CCC(C)NC(=O)/C=C/c1ccc(F)cc1. The van der Waals surface area contributed by atoms with Crippen LogP contribution in [0, 0.1) is 5.82 Å². The Kier molecular flexibility index (Phi) is 4.70. The summed E-state index contributed by atoms with van der Waals surface area (Å²) in [6.07, 6.45) is 4.02. The zero-order valence-electron chi connectivity index (χ0n) is 9.53. The molecule has 1 N–H and O–H groups in total. The average Bonchev–Trinajstić information content (AvgIpc) is 2.28. The Morgan fingerprint density at radius 3 is 2.62 bits per heavy atom. The number of amides is 1. The maximum Gasteiger partial charge on any atom is 0.244 e. The lowest BCUT2D eigenvalue weighted by Gasteiger charge is -2.08. The van der Waals surface area contributed by atoms with Crippen molar-refractivity contribution in [2.75, 3.05) is 0 Å². The van der Waals surface area contributed by atoms with Crippen LogP contribution in [0.3, 0.4) is 0 Å². The van der Waals surface area contributed by atoms with Crippen molar-refractivity contribution in [3.63, 3.8) is 0 Å². The monoisotopic (exact) mass is 221 g/mol. The number of benzene rings is 1. The predicted octanol–water partition coefficient (Wildman–Crippen LogP) is 2.75. The first-order valence-electron chi connectivity index (χ1n) is 5.36. The molecule has 3 heteroatoms. The largest absolute Gasteiger partial charge is 0.350 e. The fourth-order valence-electron chi connectivity index (χ4n) is 1.14. The molecule has 0 aliphatic heterocycles. The second-order valence-electron chi connectivity index (χ2n) is 3.70. The van der Waals surface area contributed by atoms with E-state index in [-0.39, 0.29) is 17.8 Å². The van der Waals surface area contributed by atoms with E-state index in [1.165, 1.54) is 18.2 Å². The van der Waals surface area contributed by atoms with Crippen molar-refractivity contribution >= 4 is 12.0 Å². The quantitative estimate of drug-likeness (QED) is 0.778. The van der Waals surface area contributed by atoms with Crippen molar-refractivity contribution in [2.45, 2.75) is 26.3 Å². The summed E-state index contributed by atoms with van der Waals surface area (Å²) >= 11 is 0. The fraction of sp³-hybridized carbons (Fsp3) is 0.308. The van der Waals surface area contributed by atoms with Crippen LogP contribution in [0.2, 0.25) is 0 Å². The molecule has 0 aromatic heterocycles. The van der Waals surface area contributed by atoms with Gasteiger partial charge >= 0.3 is 0 Å². The van der Waals surface area contributed by atoms with Crippen molar-refractivity contribution in [2.24, 2.45) is 0 Å². The van der Waals surface area contributed by atoms with E-state index in [2.05, 4.69) is 5.32 Å². The first kappa shape index (κ1) is 12.4. The molecule has 1 unspecified atom stereocenters. The van der Waals surface area contributed by atoms with Crippen LogP contribution in [0.15, 0.2) is 30.3 Å². The average molecular weight is 221 g/mol. The zero-order chi connectivity index (χ0) is 12.0. The molecule has 1 atom stereocenters. The van der Waals surface area contributed by atoms with Gasteiger partial charge in [0, 0.05) is 12.1 Å². The second kappa shape index (κ2) is 6.05. The van der Waals surface area contributed by atoms with Gasteiger partial charge in [-0.25, -0.2) is 4.39 Å². The number of nitrogens with one attached hydrogen (secondary N) is 1. The number of hydrogen-bond acceptors (Lipinski definition) is 1. The van der Waals surface area contributed by atoms with E-state index in [1.807, 2.05) is 13.8 Å². The van der Waals surface area contributed by atoms with Gasteiger partial charge in [0.1, 0.15) is 5.82 Å². The van der Waals surface area contributed by atoms with Gasteiger partial charge in [-0.2, -0.15) is 0 Å². The van der Waals surface area contributed by atoms with Crippen LogP contribution in [-0.4, -0.2) is 11.9 Å². The van der Waals surface area contributed by atoms with Crippen molar-refractivity contribution in [1.82, 2.24) is 5.32 Å². The van der Waals surface area contributed by atoms with Crippen LogP contribution in [0.4, 0.5) is 4.39 Å². The van der Waals surface area contributed by atoms with Gasteiger partial charge < -0.3 is 5.32 Å². The molecule has 0 fully saturated rings. The third kappa shape index (κ3) is 4.26. The minimum absolute atomic E-state index is 0.126. The summed E-state index contributed by atoms with van der Waals surface area (Å²) in [6.45, 7) is 3.96. The highest BCUT2D eigenvalue weighted by atomic mass is 19.1. The van der Waals surface area contributed by atoms with E-state index in [4.69, 9.17) is 0 Å². The summed E-state index contributed by atoms with van der Waals surface area (Å²) in [5.74, 6) is -0.403. The van der Waals surface area contributed by atoms with E-state index in [0.29, 0.717) is 0 Å². The lowest BCUT2D eigenvalue weighted by atomic mass is 10.2. The molecular weight excluding hydrogens is 205 g/mol. The van der Waals surface area contributed by atoms with Crippen molar-refractivity contribution in [3.05, 3.63) is 41.7 Å². The highest BCUT2D eigenvalue weighted by Gasteiger charge is 2.00. The maximum absolute atomic E-state index is 12.6. The first-order valence-corrected chi connectivity index (χ1v) is 5.36. The van der Waals surface area contributed by atoms with E-state index in [0.717, 1.165) is 12.0 Å². The first-order chi connectivity index (χ1) is 7.61. The highest BCUT2D eigenvalue weighted by Crippen LogP contribution is 2.04. The van der Waals surface area contributed by atoms with E-state index >= 15 is 0 Å². The van der Waals surface area contributed by atoms with Crippen LogP contribution in [0.1, 0.15) is 25.8 Å². The molecule has 0 aliphatic rings. The molecule has 0 heterocycles. The molecular formula is C13H16FNO. The summed E-state index contributed by atoms with van der Waals surface area (Å²) in [5.41, 5.74) is 0.806. The Morgan fingerprint density at radius 2 is 2.06 bits per heavy atom. The lowest BCUT2D eigenvalue weighted by Crippen LogP contribution is -2.30. The maximum atomic E-state index is 12.6. The summed E-state index contributed by atoms with van der Waals surface area (Å²) in [5, 5.41) is 2.81. The molecule has 2 nitrogen and oxygen atoms in total. The van der Waals surface area contributed by atoms with Gasteiger partial charge in [0.25, 0.3) is 0 Å². The van der Waals surface area contributed by atoms with Gasteiger partial charge in [-0.3, -0.25) is 4.79 Å². The Bertz CT molecular complexity index is 370. The van der Waals surface area contributed by atoms with E-state index in [1.54, 1.807) is 18.2 Å². The summed E-state index contributed by atoms with van der Waals surface area (Å²) in [7, 11) is 0. The molecule has 16 heavy (non-hydrogen) atoms. The van der Waals surface area contributed by atoms with Gasteiger partial charge in [-0.05, 0) is 37.1 Å². The standard InChI is InChI=1S/C13H16FNO/c1-3-10(2)15-13(16)9-6-11-4-7-12(14)8-5-11/h4-10H,3H2,1-2H3,(H,15,16)/b9-6+. The highest BCUT2D eigenvalue weighted by molar-refractivity contribution is 5.91. The Balaban J connectivity index is 2.53. The van der Waals surface area contributed by atoms with E-state index < -0.39 is 0 Å². The van der Waals surface area contributed by atoms with Crippen LogP contribution < -0.4 is 5.32 Å². The molecule has 0 aliphatic carbocycles. The van der Waals surface area contributed by atoms with E-state index in [9.17, 15) is 9.18 Å². The molecule has 0 spiro atoms. The van der Waals surface area contributed by atoms with Crippen LogP contribution in [0.5, 0.6) is 0 Å². The van der Waals surface area contributed by atoms with Gasteiger partial charge in [0.15, 0.2) is 0 Å². The fourth-order valence-corrected chi connectivity index (χ4v) is 1.14. The third-order valence-electron chi connectivity index (χ3n) is 2.30. The predicted molar refractivity (Wildman–Crippen MR) is 63.3 cm³/mol.